The smallest absolute Gasteiger partial charge is 0.124 e. The normalized spacial score (nSPS) is 13.6. The second-order valence-electron chi connectivity index (χ2n) is 3.41. The number of nitrogens with two attached hydrogens (primary N) is 1. The molecule has 1 aromatic rings. The fourth-order valence-corrected chi connectivity index (χ4v) is 2.10. The quantitative estimate of drug-likeness (QED) is 0.848. The summed E-state index contributed by atoms with van der Waals surface area (Å²) in [4.78, 5) is 0.797. The Hall–Kier alpha value is -0.710. The summed E-state index contributed by atoms with van der Waals surface area (Å²) in [6.45, 7) is 8.41. The standard InChI is InChI=1S/C10H16N2OS.C2H6/c1-8-4-3-5-10(6-8)14(13)12-7-9(2)11;1-2/h3-6,9,12H,7,11H2,1-2H3;1-2H3. The number of hydrogen-bond donors (Lipinski definition) is 2. The number of hydrogen-bond acceptors (Lipinski definition) is 2. The van der Waals surface area contributed by atoms with E-state index in [9.17, 15) is 4.21 Å². The summed E-state index contributed by atoms with van der Waals surface area (Å²) in [6.07, 6.45) is 0. The van der Waals surface area contributed by atoms with E-state index >= 15 is 0 Å². The van der Waals surface area contributed by atoms with Crippen LogP contribution in [-0.2, 0) is 11.0 Å². The molecule has 92 valence electrons. The van der Waals surface area contributed by atoms with Crippen LogP contribution in [0.4, 0.5) is 0 Å². The van der Waals surface area contributed by atoms with Crippen molar-refractivity contribution in [2.24, 2.45) is 5.73 Å². The number of aryl methyl sites for hydroxylation is 1. The summed E-state index contributed by atoms with van der Waals surface area (Å²) >= 11 is 0. The molecule has 0 amide bonds. The Morgan fingerprint density at radius 2 is 2.06 bits per heavy atom. The van der Waals surface area contributed by atoms with E-state index in [1.54, 1.807) is 0 Å². The minimum atomic E-state index is -1.14. The van der Waals surface area contributed by atoms with Crippen LogP contribution >= 0.6 is 0 Å². The second kappa shape index (κ2) is 8.44. The van der Waals surface area contributed by atoms with E-state index in [0.717, 1.165) is 10.5 Å². The molecule has 0 radical (unpaired) electrons. The molecule has 1 rings (SSSR count). The lowest BCUT2D eigenvalue weighted by molar-refractivity contribution is 0.656. The molecule has 0 aliphatic heterocycles. The first-order valence-electron chi connectivity index (χ1n) is 5.57. The maximum Gasteiger partial charge on any atom is 0.124 e. The van der Waals surface area contributed by atoms with Crippen molar-refractivity contribution in [3.05, 3.63) is 29.8 Å². The highest BCUT2D eigenvalue weighted by molar-refractivity contribution is 7.83. The van der Waals surface area contributed by atoms with E-state index in [2.05, 4.69) is 4.72 Å². The van der Waals surface area contributed by atoms with E-state index in [4.69, 9.17) is 5.73 Å². The zero-order chi connectivity index (χ0) is 12.6. The summed E-state index contributed by atoms with van der Waals surface area (Å²) in [5, 5.41) is 0. The Bertz CT molecular complexity index is 327. The third kappa shape index (κ3) is 6.00. The molecule has 1 aromatic carbocycles. The Labute approximate surface area is 101 Å². The van der Waals surface area contributed by atoms with Gasteiger partial charge in [0.15, 0.2) is 0 Å². The van der Waals surface area contributed by atoms with Crippen LogP contribution in [-0.4, -0.2) is 16.8 Å². The first kappa shape index (κ1) is 15.3. The van der Waals surface area contributed by atoms with Gasteiger partial charge in [-0.3, -0.25) is 0 Å². The molecule has 3 nitrogen and oxygen atoms in total. The van der Waals surface area contributed by atoms with Gasteiger partial charge in [0, 0.05) is 12.6 Å². The molecule has 0 aliphatic carbocycles. The Kier molecular flexibility index (Phi) is 8.07. The third-order valence-corrected chi connectivity index (χ3v) is 2.85. The van der Waals surface area contributed by atoms with Gasteiger partial charge in [0.05, 0.1) is 4.90 Å². The van der Waals surface area contributed by atoms with Crippen molar-refractivity contribution in [2.45, 2.75) is 38.6 Å². The van der Waals surface area contributed by atoms with Gasteiger partial charge in [0.25, 0.3) is 0 Å². The summed E-state index contributed by atoms with van der Waals surface area (Å²) in [6, 6.07) is 7.65. The van der Waals surface area contributed by atoms with Crippen LogP contribution in [0, 0.1) is 6.92 Å². The van der Waals surface area contributed by atoms with Crippen LogP contribution in [0.15, 0.2) is 29.2 Å². The van der Waals surface area contributed by atoms with Crippen LogP contribution in [0.25, 0.3) is 0 Å². The molecule has 0 heterocycles. The first-order valence-corrected chi connectivity index (χ1v) is 6.72. The summed E-state index contributed by atoms with van der Waals surface area (Å²) in [5.41, 5.74) is 6.66. The highest BCUT2D eigenvalue weighted by Gasteiger charge is 2.03. The van der Waals surface area contributed by atoms with E-state index in [1.165, 1.54) is 0 Å². The molecule has 0 fully saturated rings. The fraction of sp³-hybridized carbons (Fsp3) is 0.500. The van der Waals surface area contributed by atoms with Crippen LogP contribution in [0.1, 0.15) is 26.3 Å². The molecule has 0 aliphatic rings. The Morgan fingerprint density at radius 1 is 1.44 bits per heavy atom. The van der Waals surface area contributed by atoms with Crippen LogP contribution < -0.4 is 10.5 Å². The van der Waals surface area contributed by atoms with Crippen molar-refractivity contribution in [1.29, 1.82) is 0 Å². The zero-order valence-electron chi connectivity index (χ0n) is 10.5. The second-order valence-corrected chi connectivity index (χ2v) is 4.71. The lowest BCUT2D eigenvalue weighted by Crippen LogP contribution is -2.32. The number of rotatable bonds is 4. The van der Waals surface area contributed by atoms with Gasteiger partial charge in [-0.05, 0) is 31.5 Å². The SMILES string of the molecule is CC.Cc1cccc(S(=O)NCC(C)N)c1. The molecule has 0 aromatic heterocycles. The van der Waals surface area contributed by atoms with Crippen LogP contribution in [0.3, 0.4) is 0 Å². The minimum Gasteiger partial charge on any atom is -0.327 e. The minimum absolute atomic E-state index is 0.0174. The van der Waals surface area contributed by atoms with E-state index in [-0.39, 0.29) is 6.04 Å². The van der Waals surface area contributed by atoms with Gasteiger partial charge >= 0.3 is 0 Å². The zero-order valence-corrected chi connectivity index (χ0v) is 11.3. The average molecular weight is 242 g/mol. The molecule has 16 heavy (non-hydrogen) atoms. The van der Waals surface area contributed by atoms with Crippen molar-refractivity contribution in [3.8, 4) is 0 Å². The molecule has 0 spiro atoms. The maximum absolute atomic E-state index is 11.6. The van der Waals surface area contributed by atoms with Crippen molar-refractivity contribution in [2.75, 3.05) is 6.54 Å². The van der Waals surface area contributed by atoms with Crippen molar-refractivity contribution < 1.29 is 4.21 Å². The highest BCUT2D eigenvalue weighted by Crippen LogP contribution is 2.06. The highest BCUT2D eigenvalue weighted by atomic mass is 32.2. The molecule has 4 heteroatoms. The largest absolute Gasteiger partial charge is 0.327 e. The molecule has 2 atom stereocenters. The summed E-state index contributed by atoms with van der Waals surface area (Å²) < 4.78 is 14.5. The molecular formula is C12H22N2OS. The van der Waals surface area contributed by atoms with E-state index < -0.39 is 11.0 Å². The first-order chi connectivity index (χ1) is 7.59. The third-order valence-electron chi connectivity index (χ3n) is 1.74. The number of benzene rings is 1. The predicted molar refractivity (Wildman–Crippen MR) is 70.6 cm³/mol. The molecule has 3 N–H and O–H groups in total. The Balaban J connectivity index is 0.00000106. The molecule has 0 saturated carbocycles. The van der Waals surface area contributed by atoms with Gasteiger partial charge in [-0.2, -0.15) is 0 Å². The maximum atomic E-state index is 11.6. The Morgan fingerprint density at radius 3 is 2.56 bits per heavy atom. The van der Waals surface area contributed by atoms with Gasteiger partial charge in [0.1, 0.15) is 11.0 Å². The molecular weight excluding hydrogens is 220 g/mol. The molecule has 0 bridgehead atoms. The van der Waals surface area contributed by atoms with Gasteiger partial charge in [0.2, 0.25) is 0 Å². The molecule has 2 unspecified atom stereocenters. The van der Waals surface area contributed by atoms with E-state index in [1.807, 2.05) is 52.0 Å². The number of nitrogens with one attached hydrogen (secondary N) is 1. The lowest BCUT2D eigenvalue weighted by atomic mass is 10.2. The average Bonchev–Trinajstić information content (AvgIpc) is 2.28. The van der Waals surface area contributed by atoms with Gasteiger partial charge in [-0.25, -0.2) is 8.93 Å². The topological polar surface area (TPSA) is 55.1 Å². The van der Waals surface area contributed by atoms with E-state index in [0.29, 0.717) is 6.54 Å². The monoisotopic (exact) mass is 242 g/mol. The van der Waals surface area contributed by atoms with Crippen LogP contribution in [0.5, 0.6) is 0 Å². The lowest BCUT2D eigenvalue weighted by Gasteiger charge is -2.07. The van der Waals surface area contributed by atoms with Crippen molar-refractivity contribution in [1.82, 2.24) is 4.72 Å². The molecule has 0 saturated heterocycles. The summed E-state index contributed by atoms with van der Waals surface area (Å²) in [5.74, 6) is 0. The van der Waals surface area contributed by atoms with Crippen molar-refractivity contribution in [3.63, 3.8) is 0 Å². The van der Waals surface area contributed by atoms with Gasteiger partial charge < -0.3 is 5.73 Å². The van der Waals surface area contributed by atoms with Crippen molar-refractivity contribution >= 4 is 11.0 Å². The predicted octanol–water partition coefficient (Wildman–Crippen LogP) is 1.98. The van der Waals surface area contributed by atoms with Gasteiger partial charge in [-0.1, -0.05) is 26.0 Å². The summed E-state index contributed by atoms with van der Waals surface area (Å²) in [7, 11) is -1.14. The van der Waals surface area contributed by atoms with Gasteiger partial charge in [-0.15, -0.1) is 0 Å². The fourth-order valence-electron chi connectivity index (χ4n) is 1.02. The van der Waals surface area contributed by atoms with Crippen LogP contribution in [0.2, 0.25) is 0 Å².